The zero-order chi connectivity index (χ0) is 21.3. The molecule has 2 aromatic carbocycles. The summed E-state index contributed by atoms with van der Waals surface area (Å²) in [6.07, 6.45) is 1.64. The van der Waals surface area contributed by atoms with Gasteiger partial charge in [0.25, 0.3) is 5.91 Å². The standard InChI is InChI=1S/C22H26N6OS/c1-4-28(5-2)19-13-11-17(12-14-19)15-23-24-20(29)16-30-22-26-25-21(27(22)3)18-9-7-6-8-10-18/h6-15H,4-5,16H2,1-3H3,(H,24,29)/b23-15-. The van der Waals surface area contributed by atoms with E-state index in [4.69, 9.17) is 0 Å². The average molecular weight is 423 g/mol. The van der Waals surface area contributed by atoms with Crippen LogP contribution in [0, 0.1) is 0 Å². The van der Waals surface area contributed by atoms with E-state index in [-0.39, 0.29) is 11.7 Å². The molecule has 0 saturated carbocycles. The van der Waals surface area contributed by atoms with Gasteiger partial charge in [-0.05, 0) is 31.5 Å². The van der Waals surface area contributed by atoms with Crippen LogP contribution in [0.3, 0.4) is 0 Å². The number of carbonyl (C=O) groups is 1. The molecule has 0 saturated heterocycles. The van der Waals surface area contributed by atoms with E-state index in [2.05, 4.69) is 51.6 Å². The Morgan fingerprint density at radius 2 is 1.80 bits per heavy atom. The van der Waals surface area contributed by atoms with Gasteiger partial charge in [0.1, 0.15) is 0 Å². The third kappa shape index (κ3) is 5.48. The number of carbonyl (C=O) groups excluding carboxylic acids is 1. The van der Waals surface area contributed by atoms with Gasteiger partial charge in [0.2, 0.25) is 0 Å². The minimum atomic E-state index is -0.194. The molecule has 0 bridgehead atoms. The maximum Gasteiger partial charge on any atom is 0.250 e. The highest BCUT2D eigenvalue weighted by Crippen LogP contribution is 2.22. The van der Waals surface area contributed by atoms with Crippen molar-refractivity contribution in [2.24, 2.45) is 12.1 Å². The van der Waals surface area contributed by atoms with Gasteiger partial charge in [-0.2, -0.15) is 5.10 Å². The van der Waals surface area contributed by atoms with Crippen molar-refractivity contribution < 1.29 is 4.79 Å². The Balaban J connectivity index is 1.50. The zero-order valence-electron chi connectivity index (χ0n) is 17.4. The molecule has 8 heteroatoms. The maximum absolute atomic E-state index is 12.1. The minimum Gasteiger partial charge on any atom is -0.372 e. The summed E-state index contributed by atoms with van der Waals surface area (Å²) in [4.78, 5) is 14.4. The molecule has 1 aromatic heterocycles. The molecule has 0 aliphatic heterocycles. The highest BCUT2D eigenvalue weighted by molar-refractivity contribution is 7.99. The molecule has 1 N–H and O–H groups in total. The van der Waals surface area contributed by atoms with Gasteiger partial charge in [-0.15, -0.1) is 10.2 Å². The van der Waals surface area contributed by atoms with Crippen molar-refractivity contribution in [3.05, 3.63) is 60.2 Å². The largest absolute Gasteiger partial charge is 0.372 e. The monoisotopic (exact) mass is 422 g/mol. The van der Waals surface area contributed by atoms with Crippen LogP contribution in [0.5, 0.6) is 0 Å². The summed E-state index contributed by atoms with van der Waals surface area (Å²) in [5.41, 5.74) is 5.65. The van der Waals surface area contributed by atoms with Gasteiger partial charge in [0.05, 0.1) is 12.0 Å². The van der Waals surface area contributed by atoms with E-state index in [0.717, 1.165) is 30.0 Å². The Bertz CT molecular complexity index is 981. The summed E-state index contributed by atoms with van der Waals surface area (Å²) < 4.78 is 1.88. The van der Waals surface area contributed by atoms with E-state index >= 15 is 0 Å². The molecule has 3 aromatic rings. The van der Waals surface area contributed by atoms with Crippen molar-refractivity contribution in [3.63, 3.8) is 0 Å². The molecule has 1 amide bonds. The number of rotatable bonds is 9. The molecule has 156 valence electrons. The molecule has 0 unspecified atom stereocenters. The fourth-order valence-electron chi connectivity index (χ4n) is 2.98. The fraction of sp³-hybridized carbons (Fsp3) is 0.273. The molecule has 0 fully saturated rings. The number of anilines is 1. The van der Waals surface area contributed by atoms with Crippen LogP contribution in [0.1, 0.15) is 19.4 Å². The highest BCUT2D eigenvalue weighted by Gasteiger charge is 2.12. The van der Waals surface area contributed by atoms with E-state index in [1.165, 1.54) is 17.4 Å². The lowest BCUT2D eigenvalue weighted by Gasteiger charge is -2.20. The number of aromatic nitrogens is 3. The van der Waals surface area contributed by atoms with Crippen LogP contribution in [0.25, 0.3) is 11.4 Å². The zero-order valence-corrected chi connectivity index (χ0v) is 18.3. The van der Waals surface area contributed by atoms with Gasteiger partial charge in [0, 0.05) is 31.4 Å². The molecule has 0 aliphatic carbocycles. The van der Waals surface area contributed by atoms with Crippen molar-refractivity contribution >= 4 is 29.6 Å². The molecule has 30 heavy (non-hydrogen) atoms. The first kappa shape index (κ1) is 21.6. The Labute approximate surface area is 181 Å². The van der Waals surface area contributed by atoms with Crippen molar-refractivity contribution in [3.8, 4) is 11.4 Å². The molecule has 0 aliphatic rings. The SMILES string of the molecule is CCN(CC)c1ccc(/C=N\NC(=O)CSc2nnc(-c3ccccc3)n2C)cc1. The Kier molecular flexibility index (Phi) is 7.62. The second-order valence-corrected chi connectivity index (χ2v) is 7.52. The molecule has 0 radical (unpaired) electrons. The van der Waals surface area contributed by atoms with Crippen molar-refractivity contribution in [1.29, 1.82) is 0 Å². The topological polar surface area (TPSA) is 75.4 Å². The molecule has 3 rings (SSSR count). The first-order chi connectivity index (χ1) is 14.6. The summed E-state index contributed by atoms with van der Waals surface area (Å²) in [6, 6.07) is 17.9. The third-order valence-corrected chi connectivity index (χ3v) is 5.64. The van der Waals surface area contributed by atoms with Crippen LogP contribution >= 0.6 is 11.8 Å². The lowest BCUT2D eigenvalue weighted by Crippen LogP contribution is -2.21. The van der Waals surface area contributed by atoms with Crippen LogP contribution in [0.2, 0.25) is 0 Å². The van der Waals surface area contributed by atoms with Gasteiger partial charge < -0.3 is 9.47 Å². The average Bonchev–Trinajstić information content (AvgIpc) is 3.15. The van der Waals surface area contributed by atoms with Gasteiger partial charge >= 0.3 is 0 Å². The number of nitrogens with one attached hydrogen (secondary N) is 1. The summed E-state index contributed by atoms with van der Waals surface area (Å²) in [7, 11) is 1.89. The second kappa shape index (κ2) is 10.6. The summed E-state index contributed by atoms with van der Waals surface area (Å²) >= 11 is 1.32. The van der Waals surface area contributed by atoms with Gasteiger partial charge in [-0.3, -0.25) is 4.79 Å². The Morgan fingerprint density at radius 1 is 1.10 bits per heavy atom. The Morgan fingerprint density at radius 3 is 2.47 bits per heavy atom. The minimum absolute atomic E-state index is 0.194. The molecule has 0 spiro atoms. The van der Waals surface area contributed by atoms with E-state index in [1.54, 1.807) is 6.21 Å². The molecule has 1 heterocycles. The maximum atomic E-state index is 12.1. The predicted octanol–water partition coefficient (Wildman–Crippen LogP) is 3.57. The number of amides is 1. The fourth-order valence-corrected chi connectivity index (χ4v) is 3.68. The first-order valence-electron chi connectivity index (χ1n) is 9.86. The van der Waals surface area contributed by atoms with Crippen LogP contribution in [0.15, 0.2) is 64.9 Å². The third-order valence-electron chi connectivity index (χ3n) is 4.62. The molecule has 7 nitrogen and oxygen atoms in total. The first-order valence-corrected chi connectivity index (χ1v) is 10.9. The van der Waals surface area contributed by atoms with Crippen LogP contribution in [-0.4, -0.2) is 45.7 Å². The number of hydrogen-bond acceptors (Lipinski definition) is 6. The summed E-state index contributed by atoms with van der Waals surface area (Å²) in [6.45, 7) is 6.21. The van der Waals surface area contributed by atoms with Crippen molar-refractivity contribution in [2.45, 2.75) is 19.0 Å². The van der Waals surface area contributed by atoms with Crippen molar-refractivity contribution in [2.75, 3.05) is 23.7 Å². The van der Waals surface area contributed by atoms with Crippen LogP contribution < -0.4 is 10.3 Å². The van der Waals surface area contributed by atoms with E-state index in [1.807, 2.05) is 54.1 Å². The number of nitrogens with zero attached hydrogens (tertiary/aromatic N) is 5. The quantitative estimate of drug-likeness (QED) is 0.324. The Hall–Kier alpha value is -3.13. The van der Waals surface area contributed by atoms with Crippen LogP contribution in [0.4, 0.5) is 5.69 Å². The van der Waals surface area contributed by atoms with Gasteiger partial charge in [-0.25, -0.2) is 5.43 Å². The smallest absolute Gasteiger partial charge is 0.250 e. The second-order valence-electron chi connectivity index (χ2n) is 6.58. The number of hydrogen-bond donors (Lipinski definition) is 1. The van der Waals surface area contributed by atoms with Crippen LogP contribution in [-0.2, 0) is 11.8 Å². The summed E-state index contributed by atoms with van der Waals surface area (Å²) in [5, 5.41) is 13.1. The van der Waals surface area contributed by atoms with E-state index in [0.29, 0.717) is 5.16 Å². The predicted molar refractivity (Wildman–Crippen MR) is 123 cm³/mol. The number of hydrazone groups is 1. The molecule has 0 atom stereocenters. The normalized spacial score (nSPS) is 11.0. The number of thioether (sulfide) groups is 1. The van der Waals surface area contributed by atoms with Crippen molar-refractivity contribution in [1.82, 2.24) is 20.2 Å². The van der Waals surface area contributed by atoms with E-state index in [9.17, 15) is 4.79 Å². The summed E-state index contributed by atoms with van der Waals surface area (Å²) in [5.74, 6) is 0.781. The lowest BCUT2D eigenvalue weighted by atomic mass is 10.2. The highest BCUT2D eigenvalue weighted by atomic mass is 32.2. The van der Waals surface area contributed by atoms with E-state index < -0.39 is 0 Å². The molecular weight excluding hydrogens is 396 g/mol. The van der Waals surface area contributed by atoms with Gasteiger partial charge in [-0.1, -0.05) is 54.2 Å². The molecular formula is C22H26N6OS. The van der Waals surface area contributed by atoms with Gasteiger partial charge in [0.15, 0.2) is 11.0 Å². The number of benzene rings is 2. The lowest BCUT2D eigenvalue weighted by molar-refractivity contribution is -0.118.